The standard InChI is InChI=1S/C17H17F2N/c1-11-10-16(19)12(2)9-15(11)17(20)8-5-13-3-6-14(18)7-4-13/h3-6,8-10,14,20H,7H2,1-2H3/b8-5+,20-17?. The molecule has 0 aliphatic heterocycles. The van der Waals surface area contributed by atoms with E-state index in [-0.39, 0.29) is 5.82 Å². The Kier molecular flexibility index (Phi) is 4.28. The van der Waals surface area contributed by atoms with Crippen molar-refractivity contribution in [2.75, 3.05) is 0 Å². The van der Waals surface area contributed by atoms with E-state index in [0.717, 1.165) is 11.1 Å². The molecule has 3 heteroatoms. The largest absolute Gasteiger partial charge is 0.300 e. The molecule has 1 unspecified atom stereocenters. The van der Waals surface area contributed by atoms with Crippen LogP contribution in [0.15, 0.2) is 48.1 Å². The molecule has 0 saturated carbocycles. The first-order chi connectivity index (χ1) is 9.47. The maximum Gasteiger partial charge on any atom is 0.126 e. The zero-order valence-corrected chi connectivity index (χ0v) is 11.6. The number of alkyl halides is 1. The Bertz CT molecular complexity index is 624. The highest BCUT2D eigenvalue weighted by molar-refractivity contribution is 6.07. The van der Waals surface area contributed by atoms with Gasteiger partial charge in [0.2, 0.25) is 0 Å². The van der Waals surface area contributed by atoms with E-state index in [1.54, 1.807) is 44.2 Å². The lowest BCUT2D eigenvalue weighted by Crippen LogP contribution is -2.01. The second-order valence-electron chi connectivity index (χ2n) is 4.98. The normalized spacial score (nSPS) is 18.4. The van der Waals surface area contributed by atoms with Crippen molar-refractivity contribution in [1.29, 1.82) is 5.41 Å². The number of hydrogen-bond donors (Lipinski definition) is 1. The molecule has 0 fully saturated rings. The first-order valence-electron chi connectivity index (χ1n) is 6.53. The highest BCUT2D eigenvalue weighted by Gasteiger charge is 2.08. The van der Waals surface area contributed by atoms with Crippen molar-refractivity contribution in [1.82, 2.24) is 0 Å². The van der Waals surface area contributed by atoms with Gasteiger partial charge in [-0.15, -0.1) is 0 Å². The molecule has 1 atom stereocenters. The zero-order valence-electron chi connectivity index (χ0n) is 11.6. The highest BCUT2D eigenvalue weighted by Crippen LogP contribution is 2.17. The molecule has 2 rings (SSSR count). The predicted molar refractivity (Wildman–Crippen MR) is 78.6 cm³/mol. The van der Waals surface area contributed by atoms with Crippen molar-refractivity contribution in [3.8, 4) is 0 Å². The van der Waals surface area contributed by atoms with Crippen molar-refractivity contribution in [3.05, 3.63) is 70.6 Å². The monoisotopic (exact) mass is 273 g/mol. The van der Waals surface area contributed by atoms with Gasteiger partial charge in [-0.2, -0.15) is 0 Å². The summed E-state index contributed by atoms with van der Waals surface area (Å²) in [6.07, 6.45) is 7.93. The Balaban J connectivity index is 2.17. The summed E-state index contributed by atoms with van der Waals surface area (Å²) in [5.74, 6) is -0.255. The van der Waals surface area contributed by atoms with Crippen molar-refractivity contribution in [2.45, 2.75) is 26.4 Å². The molecule has 0 heterocycles. The zero-order chi connectivity index (χ0) is 14.7. The molecule has 0 bridgehead atoms. The summed E-state index contributed by atoms with van der Waals surface area (Å²) in [4.78, 5) is 0. The van der Waals surface area contributed by atoms with E-state index in [1.807, 2.05) is 0 Å². The van der Waals surface area contributed by atoms with Crippen LogP contribution in [-0.4, -0.2) is 11.9 Å². The smallest absolute Gasteiger partial charge is 0.126 e. The van der Waals surface area contributed by atoms with Gasteiger partial charge in [0.15, 0.2) is 0 Å². The van der Waals surface area contributed by atoms with Crippen LogP contribution < -0.4 is 0 Å². The third-order valence-electron chi connectivity index (χ3n) is 3.31. The van der Waals surface area contributed by atoms with Gasteiger partial charge in [-0.05, 0) is 54.8 Å². The minimum Gasteiger partial charge on any atom is -0.300 e. The van der Waals surface area contributed by atoms with Crippen LogP contribution in [0.2, 0.25) is 0 Å². The van der Waals surface area contributed by atoms with Crippen LogP contribution in [0.4, 0.5) is 8.78 Å². The average Bonchev–Trinajstić information content (AvgIpc) is 2.42. The summed E-state index contributed by atoms with van der Waals surface area (Å²) < 4.78 is 26.3. The van der Waals surface area contributed by atoms with E-state index in [9.17, 15) is 8.78 Å². The molecule has 1 aliphatic rings. The SMILES string of the molecule is Cc1cc(C(=N)/C=C/C2=CCC(F)C=C2)c(C)cc1F. The van der Waals surface area contributed by atoms with Gasteiger partial charge >= 0.3 is 0 Å². The quantitative estimate of drug-likeness (QED) is 0.779. The molecule has 20 heavy (non-hydrogen) atoms. The van der Waals surface area contributed by atoms with Crippen LogP contribution in [0.25, 0.3) is 0 Å². The van der Waals surface area contributed by atoms with E-state index in [2.05, 4.69) is 0 Å². The van der Waals surface area contributed by atoms with E-state index in [0.29, 0.717) is 23.3 Å². The van der Waals surface area contributed by atoms with Gasteiger partial charge < -0.3 is 5.41 Å². The third kappa shape index (κ3) is 3.29. The summed E-state index contributed by atoms with van der Waals surface area (Å²) >= 11 is 0. The number of aryl methyl sites for hydroxylation is 2. The van der Waals surface area contributed by atoms with Crippen LogP contribution in [0, 0.1) is 25.1 Å². The molecule has 104 valence electrons. The van der Waals surface area contributed by atoms with Gasteiger partial charge in [-0.3, -0.25) is 0 Å². The molecule has 1 aliphatic carbocycles. The Morgan fingerprint density at radius 1 is 1.30 bits per heavy atom. The number of allylic oxidation sites excluding steroid dienone is 6. The van der Waals surface area contributed by atoms with Gasteiger partial charge in [0.1, 0.15) is 12.0 Å². The number of halogens is 2. The molecule has 1 N–H and O–H groups in total. The first kappa shape index (κ1) is 14.4. The molecular weight excluding hydrogens is 256 g/mol. The van der Waals surface area contributed by atoms with Gasteiger partial charge in [-0.25, -0.2) is 8.78 Å². The lowest BCUT2D eigenvalue weighted by molar-refractivity contribution is 0.401. The molecular formula is C17H17F2N. The van der Waals surface area contributed by atoms with Gasteiger partial charge in [0.25, 0.3) is 0 Å². The highest BCUT2D eigenvalue weighted by atomic mass is 19.1. The Labute approximate surface area is 117 Å². The van der Waals surface area contributed by atoms with Crippen molar-refractivity contribution in [2.24, 2.45) is 0 Å². The topological polar surface area (TPSA) is 23.9 Å². The average molecular weight is 273 g/mol. The van der Waals surface area contributed by atoms with Gasteiger partial charge in [0, 0.05) is 12.0 Å². The van der Waals surface area contributed by atoms with E-state index in [4.69, 9.17) is 5.41 Å². The Morgan fingerprint density at radius 3 is 2.70 bits per heavy atom. The minimum atomic E-state index is -0.909. The van der Waals surface area contributed by atoms with Crippen LogP contribution in [0.5, 0.6) is 0 Å². The number of nitrogens with one attached hydrogen (secondary N) is 1. The molecule has 1 aromatic rings. The molecule has 1 aromatic carbocycles. The molecule has 0 saturated heterocycles. The summed E-state index contributed by atoms with van der Waals surface area (Å²) in [7, 11) is 0. The van der Waals surface area contributed by atoms with Crippen molar-refractivity contribution in [3.63, 3.8) is 0 Å². The third-order valence-corrected chi connectivity index (χ3v) is 3.31. The number of benzene rings is 1. The van der Waals surface area contributed by atoms with Crippen LogP contribution >= 0.6 is 0 Å². The second-order valence-corrected chi connectivity index (χ2v) is 4.98. The first-order valence-corrected chi connectivity index (χ1v) is 6.53. The van der Waals surface area contributed by atoms with Gasteiger partial charge in [0.05, 0.1) is 5.71 Å². The van der Waals surface area contributed by atoms with Crippen molar-refractivity contribution >= 4 is 5.71 Å². The van der Waals surface area contributed by atoms with Crippen LogP contribution in [-0.2, 0) is 0 Å². The molecule has 0 amide bonds. The van der Waals surface area contributed by atoms with Crippen molar-refractivity contribution < 1.29 is 8.78 Å². The Morgan fingerprint density at radius 2 is 2.05 bits per heavy atom. The molecule has 0 radical (unpaired) electrons. The van der Waals surface area contributed by atoms with E-state index < -0.39 is 6.17 Å². The number of rotatable bonds is 3. The summed E-state index contributed by atoms with van der Waals surface area (Å²) in [5.41, 5.74) is 3.19. The summed E-state index contributed by atoms with van der Waals surface area (Å²) in [6.45, 7) is 3.47. The fourth-order valence-corrected chi connectivity index (χ4v) is 2.07. The molecule has 0 aromatic heterocycles. The Hall–Kier alpha value is -2.03. The fourth-order valence-electron chi connectivity index (χ4n) is 2.07. The van der Waals surface area contributed by atoms with Crippen LogP contribution in [0.1, 0.15) is 23.1 Å². The molecule has 1 nitrogen and oxygen atoms in total. The van der Waals surface area contributed by atoms with Crippen LogP contribution in [0.3, 0.4) is 0 Å². The fraction of sp³-hybridized carbons (Fsp3) is 0.235. The lowest BCUT2D eigenvalue weighted by atomic mass is 9.99. The van der Waals surface area contributed by atoms with E-state index in [1.165, 1.54) is 12.1 Å². The number of hydrogen-bond acceptors (Lipinski definition) is 1. The second kappa shape index (κ2) is 5.95. The van der Waals surface area contributed by atoms with E-state index >= 15 is 0 Å². The lowest BCUT2D eigenvalue weighted by Gasteiger charge is -2.08. The predicted octanol–water partition coefficient (Wildman–Crippen LogP) is 4.59. The summed E-state index contributed by atoms with van der Waals surface area (Å²) in [6, 6.07) is 3.13. The maximum atomic E-state index is 13.4. The summed E-state index contributed by atoms with van der Waals surface area (Å²) in [5, 5.41) is 8.06. The molecule has 0 spiro atoms. The van der Waals surface area contributed by atoms with Gasteiger partial charge in [-0.1, -0.05) is 18.2 Å². The minimum absolute atomic E-state index is 0.255. The maximum absolute atomic E-state index is 13.4.